The van der Waals surface area contributed by atoms with Crippen LogP contribution in [-0.4, -0.2) is 61.0 Å². The molecule has 3 aromatic rings. The highest BCUT2D eigenvalue weighted by Gasteiger charge is 2.26. The molecule has 3 heterocycles. The zero-order valence-corrected chi connectivity index (χ0v) is 20.3. The van der Waals surface area contributed by atoms with E-state index < -0.39 is 11.2 Å². The molecule has 33 heavy (non-hydrogen) atoms. The molecule has 9 nitrogen and oxygen atoms in total. The fraction of sp³-hybridized carbons (Fsp3) is 0.409. The van der Waals surface area contributed by atoms with Gasteiger partial charge in [0.1, 0.15) is 10.4 Å². The number of fused-ring (bicyclic) bond motifs is 1. The average molecular weight is 490 g/mol. The predicted octanol–water partition coefficient (Wildman–Crippen LogP) is 2.08. The second-order valence-electron chi connectivity index (χ2n) is 8.11. The second kappa shape index (κ2) is 9.28. The van der Waals surface area contributed by atoms with E-state index in [2.05, 4.69) is 9.97 Å². The van der Waals surface area contributed by atoms with Crippen molar-refractivity contribution >= 4 is 40.3 Å². The van der Waals surface area contributed by atoms with Crippen LogP contribution in [0.2, 0.25) is 5.02 Å². The van der Waals surface area contributed by atoms with Gasteiger partial charge in [-0.25, -0.2) is 14.8 Å². The summed E-state index contributed by atoms with van der Waals surface area (Å²) in [4.78, 5) is 49.3. The molecule has 2 atom stereocenters. The van der Waals surface area contributed by atoms with E-state index in [4.69, 9.17) is 16.3 Å². The van der Waals surface area contributed by atoms with E-state index in [1.54, 1.807) is 36.2 Å². The van der Waals surface area contributed by atoms with Crippen molar-refractivity contribution in [3.63, 3.8) is 0 Å². The van der Waals surface area contributed by atoms with E-state index in [9.17, 15) is 14.4 Å². The average Bonchev–Trinajstić information content (AvgIpc) is 2.79. The van der Waals surface area contributed by atoms with E-state index in [1.165, 1.54) is 23.4 Å². The van der Waals surface area contributed by atoms with Crippen LogP contribution >= 0.6 is 23.4 Å². The first-order chi connectivity index (χ1) is 15.7. The summed E-state index contributed by atoms with van der Waals surface area (Å²) in [5.74, 6) is 0.367. The van der Waals surface area contributed by atoms with Crippen LogP contribution in [0.15, 0.2) is 38.9 Å². The number of ether oxygens (including phenoxy) is 1. The number of benzene rings is 1. The van der Waals surface area contributed by atoms with Crippen molar-refractivity contribution in [1.29, 1.82) is 0 Å². The highest BCUT2D eigenvalue weighted by molar-refractivity contribution is 8.00. The zero-order valence-electron chi connectivity index (χ0n) is 18.7. The van der Waals surface area contributed by atoms with Crippen molar-refractivity contribution in [3.05, 3.63) is 50.1 Å². The van der Waals surface area contributed by atoms with Gasteiger partial charge < -0.3 is 9.64 Å². The van der Waals surface area contributed by atoms with Gasteiger partial charge in [-0.1, -0.05) is 23.4 Å². The quantitative estimate of drug-likeness (QED) is 0.408. The molecular weight excluding hydrogens is 466 g/mol. The Kier molecular flexibility index (Phi) is 6.60. The summed E-state index contributed by atoms with van der Waals surface area (Å²) in [5.41, 5.74) is -0.0963. The minimum atomic E-state index is -0.501. The van der Waals surface area contributed by atoms with Gasteiger partial charge in [-0.15, -0.1) is 0 Å². The van der Waals surface area contributed by atoms with Gasteiger partial charge in [-0.2, -0.15) is 0 Å². The number of carbonyl (C=O) groups excluding carboxylic acids is 1. The minimum absolute atomic E-state index is 0.0408. The van der Waals surface area contributed by atoms with Gasteiger partial charge in [0.05, 0.1) is 18.0 Å². The van der Waals surface area contributed by atoms with Gasteiger partial charge in [0.25, 0.3) is 5.56 Å². The summed E-state index contributed by atoms with van der Waals surface area (Å²) in [5, 5.41) is 1.12. The zero-order chi connectivity index (χ0) is 23.9. The molecule has 1 aromatic carbocycles. The molecule has 4 rings (SSSR count). The molecule has 0 N–H and O–H groups in total. The summed E-state index contributed by atoms with van der Waals surface area (Å²) in [7, 11) is 2.96. The number of hydrogen-bond donors (Lipinski definition) is 0. The Balaban J connectivity index is 1.77. The number of thioether (sulfide) groups is 1. The molecule has 1 aliphatic rings. The van der Waals surface area contributed by atoms with Crippen molar-refractivity contribution in [3.8, 4) is 11.4 Å². The summed E-state index contributed by atoms with van der Waals surface area (Å²) in [6, 6.07) is 6.95. The number of nitrogens with zero attached hydrogens (tertiary/aromatic N) is 5. The van der Waals surface area contributed by atoms with E-state index in [0.717, 1.165) is 4.57 Å². The number of rotatable bonds is 4. The molecule has 0 bridgehead atoms. The number of carbonyl (C=O) groups is 1. The van der Waals surface area contributed by atoms with Crippen LogP contribution < -0.4 is 11.2 Å². The third-order valence-corrected chi connectivity index (χ3v) is 6.69. The van der Waals surface area contributed by atoms with Gasteiger partial charge in [0, 0.05) is 37.8 Å². The van der Waals surface area contributed by atoms with Gasteiger partial charge in [-0.3, -0.25) is 18.7 Å². The van der Waals surface area contributed by atoms with Gasteiger partial charge in [0.15, 0.2) is 11.5 Å². The predicted molar refractivity (Wildman–Crippen MR) is 128 cm³/mol. The number of aromatic nitrogens is 4. The first kappa shape index (κ1) is 23.5. The Morgan fingerprint density at radius 1 is 1.09 bits per heavy atom. The smallest absolute Gasteiger partial charge is 0.332 e. The lowest BCUT2D eigenvalue weighted by molar-refractivity contribution is -0.140. The fourth-order valence-corrected chi connectivity index (χ4v) is 4.91. The van der Waals surface area contributed by atoms with E-state index >= 15 is 0 Å². The van der Waals surface area contributed by atoms with Crippen molar-refractivity contribution in [2.45, 2.75) is 31.1 Å². The maximum atomic E-state index is 13.0. The van der Waals surface area contributed by atoms with E-state index in [-0.39, 0.29) is 34.9 Å². The number of hydrogen-bond acceptors (Lipinski definition) is 7. The van der Waals surface area contributed by atoms with Crippen molar-refractivity contribution in [2.75, 3.05) is 18.8 Å². The molecule has 1 fully saturated rings. The molecule has 1 aliphatic heterocycles. The Hall–Kier alpha value is -2.69. The third kappa shape index (κ3) is 4.68. The minimum Gasteiger partial charge on any atom is -0.372 e. The number of aryl methyl sites for hydroxylation is 1. The number of morpholine rings is 1. The van der Waals surface area contributed by atoms with Crippen molar-refractivity contribution < 1.29 is 9.53 Å². The third-order valence-electron chi connectivity index (χ3n) is 5.47. The summed E-state index contributed by atoms with van der Waals surface area (Å²) < 4.78 is 8.04. The molecule has 1 amide bonds. The van der Waals surface area contributed by atoms with Crippen LogP contribution in [0.3, 0.4) is 0 Å². The summed E-state index contributed by atoms with van der Waals surface area (Å²) >= 11 is 7.17. The molecule has 1 saturated heterocycles. The lowest BCUT2D eigenvalue weighted by atomic mass is 10.2. The molecule has 0 saturated carbocycles. The first-order valence-electron chi connectivity index (χ1n) is 10.5. The Morgan fingerprint density at radius 3 is 2.36 bits per heavy atom. The van der Waals surface area contributed by atoms with E-state index in [1.807, 2.05) is 13.8 Å². The fourth-order valence-electron chi connectivity index (χ4n) is 3.86. The molecule has 11 heteroatoms. The van der Waals surface area contributed by atoms with Crippen molar-refractivity contribution in [1.82, 2.24) is 24.0 Å². The molecule has 2 aromatic heterocycles. The lowest BCUT2D eigenvalue weighted by Crippen LogP contribution is -2.48. The van der Waals surface area contributed by atoms with Gasteiger partial charge in [0.2, 0.25) is 5.91 Å². The highest BCUT2D eigenvalue weighted by Crippen LogP contribution is 2.27. The Labute approximate surface area is 199 Å². The van der Waals surface area contributed by atoms with Gasteiger partial charge in [-0.05, 0) is 38.1 Å². The maximum absolute atomic E-state index is 13.0. The Morgan fingerprint density at radius 2 is 1.73 bits per heavy atom. The molecule has 0 spiro atoms. The molecule has 174 valence electrons. The number of amides is 1. The Bertz CT molecular complexity index is 1330. The van der Waals surface area contributed by atoms with Gasteiger partial charge >= 0.3 is 5.69 Å². The largest absolute Gasteiger partial charge is 0.372 e. The summed E-state index contributed by atoms with van der Waals surface area (Å²) in [6.45, 7) is 4.90. The molecule has 0 aliphatic carbocycles. The van der Waals surface area contributed by atoms with Crippen LogP contribution in [0.5, 0.6) is 0 Å². The first-order valence-corrected chi connectivity index (χ1v) is 11.8. The standard InChI is InChI=1S/C22H24ClN5O4S/c1-12-9-28(10-13(2)32-12)16(29)11-33-20-17-19(26(3)22(31)27(4)21(17)30)24-18(25-20)14-5-7-15(23)8-6-14/h5-8,12-13H,9-11H2,1-4H3/t12-,13-/m0/s1. The van der Waals surface area contributed by atoms with Crippen LogP contribution in [0.1, 0.15) is 13.8 Å². The van der Waals surface area contributed by atoms with Crippen LogP contribution in [0.4, 0.5) is 0 Å². The highest BCUT2D eigenvalue weighted by atomic mass is 35.5. The maximum Gasteiger partial charge on any atom is 0.332 e. The normalized spacial score (nSPS) is 18.6. The summed E-state index contributed by atoms with van der Waals surface area (Å²) in [6.07, 6.45) is -0.0817. The van der Waals surface area contributed by atoms with Crippen LogP contribution in [-0.2, 0) is 23.6 Å². The van der Waals surface area contributed by atoms with E-state index in [0.29, 0.717) is 34.5 Å². The molecule has 0 radical (unpaired) electrons. The second-order valence-corrected chi connectivity index (χ2v) is 9.51. The van der Waals surface area contributed by atoms with Crippen LogP contribution in [0.25, 0.3) is 22.4 Å². The number of halogens is 1. The van der Waals surface area contributed by atoms with Crippen molar-refractivity contribution in [2.24, 2.45) is 14.1 Å². The SMILES string of the molecule is C[C@H]1CN(C(=O)CSc2nc(-c3ccc(Cl)cc3)nc3c2c(=O)n(C)c(=O)n3C)C[C@H](C)O1. The lowest BCUT2D eigenvalue weighted by Gasteiger charge is -2.35. The molecule has 0 unspecified atom stereocenters. The van der Waals surface area contributed by atoms with Crippen LogP contribution in [0, 0.1) is 0 Å². The monoisotopic (exact) mass is 489 g/mol. The topological polar surface area (TPSA) is 99.3 Å². The molecular formula is C22H24ClN5O4S.